The molecular weight excluding hydrogens is 241 g/mol. The minimum atomic E-state index is -5.08. The molecule has 0 fully saturated rings. The summed E-state index contributed by atoms with van der Waals surface area (Å²) in [6, 6.07) is -0.294. The first kappa shape index (κ1) is 17.8. The van der Waals surface area contributed by atoms with Gasteiger partial charge in [-0.25, -0.2) is 4.79 Å². The summed E-state index contributed by atoms with van der Waals surface area (Å²) in [6.07, 6.45) is -3.38. The molecule has 0 aromatic carbocycles. The van der Waals surface area contributed by atoms with Crippen LogP contribution in [0.4, 0.5) is 13.2 Å². The Morgan fingerprint density at radius 1 is 1.47 bits per heavy atom. The van der Waals surface area contributed by atoms with E-state index in [0.717, 1.165) is 0 Å². The van der Waals surface area contributed by atoms with Crippen LogP contribution in [0.15, 0.2) is 12.7 Å². The van der Waals surface area contributed by atoms with E-state index >= 15 is 0 Å². The van der Waals surface area contributed by atoms with Gasteiger partial charge in [-0.2, -0.15) is 13.2 Å². The molecule has 0 aliphatic heterocycles. The van der Waals surface area contributed by atoms with Gasteiger partial charge in [0.25, 0.3) is 0 Å². The van der Waals surface area contributed by atoms with Crippen LogP contribution >= 0.6 is 0 Å². The number of aliphatic carboxylic acids is 1. The number of nitrogens with one attached hydrogen (secondary N) is 1. The fourth-order valence-corrected chi connectivity index (χ4v) is 0.800. The Hall–Kier alpha value is -1.57. The molecule has 17 heavy (non-hydrogen) atoms. The van der Waals surface area contributed by atoms with Crippen LogP contribution in [0.25, 0.3) is 0 Å². The Balaban J connectivity index is 0. The first-order valence-corrected chi connectivity index (χ1v) is 4.47. The van der Waals surface area contributed by atoms with Crippen molar-refractivity contribution in [2.24, 2.45) is 11.7 Å². The van der Waals surface area contributed by atoms with Gasteiger partial charge in [0.1, 0.15) is 0 Å². The second-order valence-corrected chi connectivity index (χ2v) is 3.07. The Bertz CT molecular complexity index is 279. The highest BCUT2D eigenvalue weighted by Gasteiger charge is 2.38. The predicted molar refractivity (Wildman–Crippen MR) is 55.1 cm³/mol. The number of carboxylic acid groups (broad SMARTS) is 1. The molecule has 0 rings (SSSR count). The Kier molecular flexibility index (Phi) is 8.03. The van der Waals surface area contributed by atoms with E-state index in [2.05, 4.69) is 11.9 Å². The van der Waals surface area contributed by atoms with Crippen molar-refractivity contribution in [2.75, 3.05) is 7.05 Å². The molecule has 4 N–H and O–H groups in total. The average molecular weight is 256 g/mol. The molecule has 2 unspecified atom stereocenters. The minimum absolute atomic E-state index is 0.0856. The maximum Gasteiger partial charge on any atom is 0.490 e. The van der Waals surface area contributed by atoms with Crippen LogP contribution in [0.2, 0.25) is 0 Å². The van der Waals surface area contributed by atoms with Gasteiger partial charge in [0.05, 0.1) is 6.04 Å². The van der Waals surface area contributed by atoms with Crippen molar-refractivity contribution in [2.45, 2.75) is 19.1 Å². The third kappa shape index (κ3) is 8.26. The molecule has 0 spiro atoms. The van der Waals surface area contributed by atoms with Crippen molar-refractivity contribution in [1.29, 1.82) is 0 Å². The number of hydrogen-bond donors (Lipinski definition) is 3. The molecule has 5 nitrogen and oxygen atoms in total. The van der Waals surface area contributed by atoms with Gasteiger partial charge in [-0.05, 0) is 13.0 Å². The topological polar surface area (TPSA) is 92.4 Å². The number of alkyl halides is 3. The summed E-state index contributed by atoms with van der Waals surface area (Å²) in [4.78, 5) is 19.5. The lowest BCUT2D eigenvalue weighted by Gasteiger charge is -2.15. The summed E-state index contributed by atoms with van der Waals surface area (Å²) in [5.74, 6) is -3.01. The lowest BCUT2D eigenvalue weighted by molar-refractivity contribution is -0.192. The molecule has 0 saturated carbocycles. The maximum absolute atomic E-state index is 10.6. The lowest BCUT2D eigenvalue weighted by Crippen LogP contribution is -2.43. The molecule has 0 saturated heterocycles. The summed E-state index contributed by atoms with van der Waals surface area (Å²) in [5, 5.41) is 9.93. The van der Waals surface area contributed by atoms with Crippen LogP contribution < -0.4 is 11.1 Å². The van der Waals surface area contributed by atoms with Gasteiger partial charge in [-0.3, -0.25) is 4.79 Å². The van der Waals surface area contributed by atoms with Crippen molar-refractivity contribution in [3.8, 4) is 0 Å². The largest absolute Gasteiger partial charge is 0.490 e. The number of halogens is 3. The van der Waals surface area contributed by atoms with E-state index in [-0.39, 0.29) is 17.9 Å². The highest BCUT2D eigenvalue weighted by molar-refractivity contribution is 5.80. The first-order chi connectivity index (χ1) is 7.57. The third-order valence-corrected chi connectivity index (χ3v) is 1.76. The van der Waals surface area contributed by atoms with Crippen molar-refractivity contribution in [3.63, 3.8) is 0 Å². The smallest absolute Gasteiger partial charge is 0.475 e. The molecule has 0 bridgehead atoms. The van der Waals surface area contributed by atoms with E-state index in [1.807, 2.05) is 6.92 Å². The number of carbonyl (C=O) groups is 2. The van der Waals surface area contributed by atoms with E-state index in [9.17, 15) is 18.0 Å². The lowest BCUT2D eigenvalue weighted by atomic mass is 10.0. The van der Waals surface area contributed by atoms with Gasteiger partial charge in [-0.1, -0.05) is 13.0 Å². The molecule has 8 heteroatoms. The number of amides is 1. The quantitative estimate of drug-likeness (QED) is 0.639. The Morgan fingerprint density at radius 3 is 1.88 bits per heavy atom. The van der Waals surface area contributed by atoms with Gasteiger partial charge >= 0.3 is 12.1 Å². The third-order valence-electron chi connectivity index (χ3n) is 1.76. The molecule has 100 valence electrons. The standard InChI is InChI=1S/C7H14N2O.C2HF3O2/c1-4-5(2)6(9-3)7(8)10;3-2(4,5)1(6)7/h4-6,9H,1H2,2-3H3,(H2,8,10);(H,6,7). The number of hydrogen-bond acceptors (Lipinski definition) is 3. The molecule has 0 aliphatic rings. The fraction of sp³-hybridized carbons (Fsp3) is 0.556. The first-order valence-electron chi connectivity index (χ1n) is 4.47. The van der Waals surface area contributed by atoms with E-state index in [1.54, 1.807) is 13.1 Å². The summed E-state index contributed by atoms with van der Waals surface area (Å²) in [7, 11) is 1.70. The summed E-state index contributed by atoms with van der Waals surface area (Å²) in [6.45, 7) is 5.45. The van der Waals surface area contributed by atoms with Gasteiger partial charge in [0.15, 0.2) is 0 Å². The van der Waals surface area contributed by atoms with E-state index < -0.39 is 12.1 Å². The summed E-state index contributed by atoms with van der Waals surface area (Å²) in [5.41, 5.74) is 5.07. The zero-order chi connectivity index (χ0) is 14.2. The van der Waals surface area contributed by atoms with E-state index in [4.69, 9.17) is 15.6 Å². The van der Waals surface area contributed by atoms with Crippen LogP contribution in [0.1, 0.15) is 6.92 Å². The molecule has 0 aliphatic carbocycles. The Labute approximate surface area is 96.5 Å². The minimum Gasteiger partial charge on any atom is -0.475 e. The van der Waals surface area contributed by atoms with Crippen LogP contribution in [0.5, 0.6) is 0 Å². The number of carbonyl (C=O) groups excluding carboxylic acids is 1. The highest BCUT2D eigenvalue weighted by atomic mass is 19.4. The Morgan fingerprint density at radius 2 is 1.82 bits per heavy atom. The van der Waals surface area contributed by atoms with Gasteiger partial charge in [0.2, 0.25) is 5.91 Å². The average Bonchev–Trinajstić information content (AvgIpc) is 2.17. The second-order valence-electron chi connectivity index (χ2n) is 3.07. The molecule has 2 atom stereocenters. The van der Waals surface area contributed by atoms with Crippen LogP contribution in [-0.2, 0) is 9.59 Å². The zero-order valence-corrected chi connectivity index (χ0v) is 9.41. The number of rotatable bonds is 4. The van der Waals surface area contributed by atoms with Crippen molar-refractivity contribution in [3.05, 3.63) is 12.7 Å². The molecular formula is C9H15F3N2O3. The van der Waals surface area contributed by atoms with Crippen molar-refractivity contribution in [1.82, 2.24) is 5.32 Å². The van der Waals surface area contributed by atoms with Crippen LogP contribution in [0.3, 0.4) is 0 Å². The number of primary amides is 1. The van der Waals surface area contributed by atoms with E-state index in [1.165, 1.54) is 0 Å². The number of nitrogens with two attached hydrogens (primary N) is 1. The van der Waals surface area contributed by atoms with Crippen molar-refractivity contribution >= 4 is 11.9 Å². The molecule has 0 aromatic rings. The predicted octanol–water partition coefficient (Wildman–Crippen LogP) is 0.515. The maximum atomic E-state index is 10.6. The molecule has 1 amide bonds. The summed E-state index contributed by atoms with van der Waals surface area (Å²) >= 11 is 0. The van der Waals surface area contributed by atoms with Gasteiger partial charge in [0, 0.05) is 0 Å². The fourth-order valence-electron chi connectivity index (χ4n) is 0.800. The number of likely N-dealkylation sites (N-methyl/N-ethyl adjacent to an activating group) is 1. The summed E-state index contributed by atoms with van der Waals surface area (Å²) < 4.78 is 31.7. The highest BCUT2D eigenvalue weighted by Crippen LogP contribution is 2.13. The normalized spacial score (nSPS) is 13.9. The SMILES string of the molecule is C=CC(C)C(NC)C(N)=O.O=C(O)C(F)(F)F. The van der Waals surface area contributed by atoms with Gasteiger partial charge < -0.3 is 16.2 Å². The monoisotopic (exact) mass is 256 g/mol. The second kappa shape index (κ2) is 7.66. The molecule has 0 heterocycles. The van der Waals surface area contributed by atoms with Crippen LogP contribution in [0, 0.1) is 5.92 Å². The molecule has 0 radical (unpaired) electrons. The van der Waals surface area contributed by atoms with Gasteiger partial charge in [-0.15, -0.1) is 6.58 Å². The molecule has 0 aromatic heterocycles. The zero-order valence-electron chi connectivity index (χ0n) is 9.41. The number of carboxylic acids is 1. The van der Waals surface area contributed by atoms with Crippen LogP contribution in [-0.4, -0.2) is 36.2 Å². The van der Waals surface area contributed by atoms with Crippen molar-refractivity contribution < 1.29 is 27.9 Å². The van der Waals surface area contributed by atoms with E-state index in [0.29, 0.717) is 0 Å².